The van der Waals surface area contributed by atoms with Gasteiger partial charge in [0.2, 0.25) is 0 Å². The maximum Gasteiger partial charge on any atom is 0.106 e. The monoisotopic (exact) mass is 229 g/mol. The highest BCUT2D eigenvalue weighted by Gasteiger charge is 2.20. The van der Waals surface area contributed by atoms with Crippen molar-refractivity contribution in [1.29, 1.82) is 0 Å². The van der Waals surface area contributed by atoms with Crippen LogP contribution in [0, 0.1) is 13.8 Å². The van der Waals surface area contributed by atoms with Crippen LogP contribution in [-0.4, -0.2) is 15.6 Å². The number of imidazole rings is 1. The van der Waals surface area contributed by atoms with Crippen LogP contribution in [0.3, 0.4) is 0 Å². The third kappa shape index (κ3) is 2.24. The molecule has 0 bridgehead atoms. The molecule has 0 saturated heterocycles. The van der Waals surface area contributed by atoms with E-state index < -0.39 is 0 Å². The van der Waals surface area contributed by atoms with Gasteiger partial charge in [0.15, 0.2) is 0 Å². The van der Waals surface area contributed by atoms with Gasteiger partial charge in [-0.2, -0.15) is 0 Å². The van der Waals surface area contributed by atoms with Crippen molar-refractivity contribution in [3.8, 4) is 0 Å². The first-order valence-corrected chi connectivity index (χ1v) is 5.92. The zero-order valence-electron chi connectivity index (χ0n) is 10.6. The van der Waals surface area contributed by atoms with Crippen LogP contribution in [0.15, 0.2) is 36.7 Å². The molecule has 0 amide bonds. The van der Waals surface area contributed by atoms with Gasteiger partial charge in [0, 0.05) is 18.4 Å². The van der Waals surface area contributed by atoms with Crippen molar-refractivity contribution in [1.82, 2.24) is 9.55 Å². The van der Waals surface area contributed by atoms with E-state index in [1.807, 2.05) is 26.2 Å². The number of nitrogens with two attached hydrogens (primary N) is 1. The number of aryl methyl sites for hydroxylation is 2. The van der Waals surface area contributed by atoms with E-state index in [9.17, 15) is 0 Å². The molecular formula is C14H19N3. The summed E-state index contributed by atoms with van der Waals surface area (Å²) in [6, 6.07) is 8.57. The van der Waals surface area contributed by atoms with Crippen LogP contribution in [0.25, 0.3) is 0 Å². The van der Waals surface area contributed by atoms with Gasteiger partial charge < -0.3 is 10.3 Å². The molecule has 90 valence electrons. The van der Waals surface area contributed by atoms with Crippen LogP contribution in [0.1, 0.15) is 29.9 Å². The van der Waals surface area contributed by atoms with Crippen LogP contribution in [0.4, 0.5) is 0 Å². The van der Waals surface area contributed by atoms with Gasteiger partial charge in [0.25, 0.3) is 0 Å². The van der Waals surface area contributed by atoms with Gasteiger partial charge in [-0.3, -0.25) is 0 Å². The molecule has 0 radical (unpaired) electrons. The zero-order valence-corrected chi connectivity index (χ0v) is 10.6. The van der Waals surface area contributed by atoms with E-state index >= 15 is 0 Å². The van der Waals surface area contributed by atoms with E-state index in [-0.39, 0.29) is 12.1 Å². The second kappa shape index (κ2) is 4.72. The molecule has 0 aliphatic heterocycles. The van der Waals surface area contributed by atoms with E-state index in [0.717, 1.165) is 5.82 Å². The number of nitrogens with zero attached hydrogens (tertiary/aromatic N) is 2. The minimum absolute atomic E-state index is 0.0454. The summed E-state index contributed by atoms with van der Waals surface area (Å²) in [5, 5.41) is 0. The molecule has 3 nitrogen and oxygen atoms in total. The Labute approximate surface area is 102 Å². The molecule has 17 heavy (non-hydrogen) atoms. The Balaban J connectivity index is 2.51. The summed E-state index contributed by atoms with van der Waals surface area (Å²) in [6.07, 6.45) is 3.82. The van der Waals surface area contributed by atoms with Gasteiger partial charge in [-0.15, -0.1) is 0 Å². The highest BCUT2D eigenvalue weighted by atomic mass is 15.1. The molecule has 2 unspecified atom stereocenters. The normalized spacial score (nSPS) is 14.6. The number of aromatic nitrogens is 2. The quantitative estimate of drug-likeness (QED) is 0.878. The topological polar surface area (TPSA) is 43.8 Å². The molecule has 0 spiro atoms. The fraction of sp³-hybridized carbons (Fsp3) is 0.357. The first kappa shape index (κ1) is 11.9. The van der Waals surface area contributed by atoms with Crippen molar-refractivity contribution in [3.63, 3.8) is 0 Å². The fourth-order valence-electron chi connectivity index (χ4n) is 2.29. The summed E-state index contributed by atoms with van der Waals surface area (Å²) in [7, 11) is 0. The van der Waals surface area contributed by atoms with Crippen LogP contribution in [0.5, 0.6) is 0 Å². The summed E-state index contributed by atoms with van der Waals surface area (Å²) < 4.78 is 2.15. The van der Waals surface area contributed by atoms with E-state index in [0.29, 0.717) is 0 Å². The maximum absolute atomic E-state index is 6.15. The van der Waals surface area contributed by atoms with Gasteiger partial charge in [0.05, 0.1) is 6.04 Å². The fourth-order valence-corrected chi connectivity index (χ4v) is 2.29. The highest BCUT2D eigenvalue weighted by molar-refractivity contribution is 5.30. The molecule has 3 heteroatoms. The lowest BCUT2D eigenvalue weighted by Crippen LogP contribution is -2.31. The Kier molecular flexibility index (Phi) is 3.29. The minimum atomic E-state index is 0.0454. The number of hydrogen-bond donors (Lipinski definition) is 1. The average molecular weight is 229 g/mol. The molecule has 1 heterocycles. The molecular weight excluding hydrogens is 210 g/mol. The van der Waals surface area contributed by atoms with Gasteiger partial charge in [-0.1, -0.05) is 24.3 Å². The first-order chi connectivity index (χ1) is 8.11. The van der Waals surface area contributed by atoms with Crippen molar-refractivity contribution < 1.29 is 0 Å². The van der Waals surface area contributed by atoms with Crippen molar-refractivity contribution in [2.75, 3.05) is 0 Å². The van der Waals surface area contributed by atoms with Gasteiger partial charge >= 0.3 is 0 Å². The summed E-state index contributed by atoms with van der Waals surface area (Å²) in [4.78, 5) is 4.28. The van der Waals surface area contributed by atoms with Crippen molar-refractivity contribution in [2.24, 2.45) is 5.73 Å². The number of rotatable bonds is 3. The molecule has 2 aromatic rings. The molecule has 1 aromatic heterocycles. The number of benzene rings is 1. The number of hydrogen-bond acceptors (Lipinski definition) is 2. The molecule has 0 aliphatic rings. The summed E-state index contributed by atoms with van der Waals surface area (Å²) >= 11 is 0. The third-order valence-electron chi connectivity index (χ3n) is 3.17. The lowest BCUT2D eigenvalue weighted by molar-refractivity contribution is 0.484. The molecule has 0 aliphatic carbocycles. The van der Waals surface area contributed by atoms with Gasteiger partial charge in [-0.05, 0) is 31.9 Å². The van der Waals surface area contributed by atoms with Gasteiger partial charge in [-0.25, -0.2) is 4.98 Å². The summed E-state index contributed by atoms with van der Waals surface area (Å²) in [6.45, 7) is 6.17. The molecule has 2 atom stereocenters. The average Bonchev–Trinajstić information content (AvgIpc) is 2.68. The van der Waals surface area contributed by atoms with E-state index in [2.05, 4.69) is 40.7 Å². The predicted molar refractivity (Wildman–Crippen MR) is 69.9 cm³/mol. The molecule has 2 N–H and O–H groups in total. The molecule has 2 rings (SSSR count). The zero-order chi connectivity index (χ0) is 12.4. The summed E-state index contributed by atoms with van der Waals surface area (Å²) in [5.74, 6) is 0.996. The van der Waals surface area contributed by atoms with Crippen LogP contribution >= 0.6 is 0 Å². The van der Waals surface area contributed by atoms with E-state index in [1.54, 1.807) is 0 Å². The predicted octanol–water partition coefficient (Wildman–Crippen LogP) is 2.44. The Morgan fingerprint density at radius 3 is 2.47 bits per heavy atom. The smallest absolute Gasteiger partial charge is 0.106 e. The molecule has 0 saturated carbocycles. The SMILES string of the molecule is Cc1ccccc1C(C(C)N)n1ccnc1C. The Bertz CT molecular complexity index is 500. The van der Waals surface area contributed by atoms with E-state index in [4.69, 9.17) is 5.73 Å². The highest BCUT2D eigenvalue weighted by Crippen LogP contribution is 2.25. The molecule has 0 fully saturated rings. The van der Waals surface area contributed by atoms with Crippen molar-refractivity contribution >= 4 is 0 Å². The molecule has 1 aromatic carbocycles. The van der Waals surface area contributed by atoms with E-state index in [1.165, 1.54) is 11.1 Å². The Morgan fingerprint density at radius 2 is 1.94 bits per heavy atom. The van der Waals surface area contributed by atoms with Crippen LogP contribution in [-0.2, 0) is 0 Å². The second-order valence-corrected chi connectivity index (χ2v) is 4.54. The standard InChI is InChI=1S/C14H19N3/c1-10-6-4-5-7-13(10)14(11(2)15)17-9-8-16-12(17)3/h4-9,11,14H,15H2,1-3H3. The van der Waals surface area contributed by atoms with Crippen molar-refractivity contribution in [2.45, 2.75) is 32.9 Å². The van der Waals surface area contributed by atoms with Crippen LogP contribution in [0.2, 0.25) is 0 Å². The largest absolute Gasteiger partial charge is 0.326 e. The minimum Gasteiger partial charge on any atom is -0.326 e. The third-order valence-corrected chi connectivity index (χ3v) is 3.17. The first-order valence-electron chi connectivity index (χ1n) is 5.92. The van der Waals surface area contributed by atoms with Gasteiger partial charge in [0.1, 0.15) is 5.82 Å². The Hall–Kier alpha value is -1.61. The lowest BCUT2D eigenvalue weighted by atomic mass is 9.96. The van der Waals surface area contributed by atoms with Crippen LogP contribution < -0.4 is 5.73 Å². The lowest BCUT2D eigenvalue weighted by Gasteiger charge is -2.25. The summed E-state index contributed by atoms with van der Waals surface area (Å²) in [5.41, 5.74) is 8.68. The maximum atomic E-state index is 6.15. The second-order valence-electron chi connectivity index (χ2n) is 4.54. The Morgan fingerprint density at radius 1 is 1.24 bits per heavy atom. The van der Waals surface area contributed by atoms with Crippen molar-refractivity contribution in [3.05, 3.63) is 53.6 Å².